The third-order valence-electron chi connectivity index (χ3n) is 4.34. The Morgan fingerprint density at radius 2 is 1.64 bits per heavy atom. The van der Waals surface area contributed by atoms with Crippen LogP contribution in [0.5, 0.6) is 0 Å². The number of amides is 2. The van der Waals surface area contributed by atoms with Crippen LogP contribution in [0.3, 0.4) is 0 Å². The van der Waals surface area contributed by atoms with Crippen molar-refractivity contribution in [2.75, 3.05) is 10.6 Å². The van der Waals surface area contributed by atoms with Crippen molar-refractivity contribution < 1.29 is 9.59 Å². The number of nitrogens with one attached hydrogen (secondary N) is 2. The van der Waals surface area contributed by atoms with Gasteiger partial charge in [0.1, 0.15) is 6.04 Å². The number of carbonyl (C=O) groups is 2. The fraction of sp³-hybridized carbons (Fsp3) is 0.263. The summed E-state index contributed by atoms with van der Waals surface area (Å²) < 4.78 is 4.16. The van der Waals surface area contributed by atoms with Crippen molar-refractivity contribution in [1.29, 1.82) is 0 Å². The minimum absolute atomic E-state index is 0.177. The third-order valence-corrected chi connectivity index (χ3v) is 5.49. The van der Waals surface area contributed by atoms with Crippen molar-refractivity contribution >= 4 is 39.1 Å². The molecule has 3 rings (SSSR count). The fourth-order valence-corrected chi connectivity index (χ4v) is 3.01. The number of rotatable bonds is 5. The molecule has 0 spiro atoms. The maximum atomic E-state index is 12.6. The summed E-state index contributed by atoms with van der Waals surface area (Å²) in [6.45, 7) is 5.59. The first-order chi connectivity index (χ1) is 13.3. The molecule has 8 nitrogen and oxygen atoms in total. The first-order valence-corrected chi connectivity index (χ1v) is 9.48. The van der Waals surface area contributed by atoms with Crippen molar-refractivity contribution in [3.8, 4) is 0 Å². The molecule has 0 radical (unpaired) electrons. The minimum atomic E-state index is -0.464. The van der Waals surface area contributed by atoms with Crippen molar-refractivity contribution in [2.24, 2.45) is 7.05 Å². The van der Waals surface area contributed by atoms with Gasteiger partial charge in [0, 0.05) is 24.6 Å². The average Bonchev–Trinajstić information content (AvgIpc) is 3.21. The van der Waals surface area contributed by atoms with Gasteiger partial charge in [-0.2, -0.15) is 10.2 Å². The molecule has 0 aliphatic heterocycles. The van der Waals surface area contributed by atoms with E-state index in [2.05, 4.69) is 36.8 Å². The van der Waals surface area contributed by atoms with E-state index in [4.69, 9.17) is 0 Å². The molecule has 0 aliphatic rings. The Bertz CT molecular complexity index is 1020. The second kappa shape index (κ2) is 7.97. The second-order valence-corrected chi connectivity index (χ2v) is 7.29. The molecule has 0 fully saturated rings. The molecular weight excluding hydrogens is 424 g/mol. The Morgan fingerprint density at radius 3 is 2.14 bits per heavy atom. The highest BCUT2D eigenvalue weighted by molar-refractivity contribution is 9.10. The van der Waals surface area contributed by atoms with E-state index in [0.717, 1.165) is 15.9 Å². The predicted octanol–water partition coefficient (Wildman–Crippen LogP) is 3.45. The van der Waals surface area contributed by atoms with Crippen LogP contribution in [0.4, 0.5) is 11.4 Å². The number of benzene rings is 1. The maximum Gasteiger partial charge on any atom is 0.276 e. The number of anilines is 2. The Morgan fingerprint density at radius 1 is 1.04 bits per heavy atom. The molecule has 2 heterocycles. The predicted molar refractivity (Wildman–Crippen MR) is 110 cm³/mol. The van der Waals surface area contributed by atoms with Gasteiger partial charge in [-0.15, -0.1) is 0 Å². The van der Waals surface area contributed by atoms with Crippen LogP contribution in [0.2, 0.25) is 0 Å². The fourth-order valence-electron chi connectivity index (χ4n) is 2.75. The van der Waals surface area contributed by atoms with E-state index in [1.165, 1.54) is 0 Å². The molecule has 9 heteroatoms. The molecule has 1 unspecified atom stereocenters. The van der Waals surface area contributed by atoms with Crippen LogP contribution in [0.25, 0.3) is 0 Å². The van der Waals surface area contributed by atoms with Crippen molar-refractivity contribution in [3.05, 3.63) is 58.1 Å². The molecule has 1 aromatic carbocycles. The number of hydrogen-bond acceptors (Lipinski definition) is 4. The van der Waals surface area contributed by atoms with Gasteiger partial charge in [-0.1, -0.05) is 0 Å². The highest BCUT2D eigenvalue weighted by atomic mass is 79.9. The monoisotopic (exact) mass is 444 g/mol. The van der Waals surface area contributed by atoms with Crippen molar-refractivity contribution in [2.45, 2.75) is 26.8 Å². The van der Waals surface area contributed by atoms with Crippen LogP contribution in [-0.2, 0) is 11.8 Å². The first-order valence-electron chi connectivity index (χ1n) is 8.69. The number of nitrogens with zero attached hydrogens (tertiary/aromatic N) is 4. The topological polar surface area (TPSA) is 93.8 Å². The number of hydrogen-bond donors (Lipinski definition) is 2. The molecule has 2 N–H and O–H groups in total. The van der Waals surface area contributed by atoms with Crippen LogP contribution in [-0.4, -0.2) is 31.4 Å². The van der Waals surface area contributed by atoms with E-state index in [1.54, 1.807) is 59.9 Å². The highest BCUT2D eigenvalue weighted by Gasteiger charge is 2.20. The lowest BCUT2D eigenvalue weighted by atomic mass is 10.2. The number of halogens is 1. The quantitative estimate of drug-likeness (QED) is 0.629. The normalized spacial score (nSPS) is 11.9. The zero-order valence-corrected chi connectivity index (χ0v) is 17.6. The van der Waals surface area contributed by atoms with E-state index < -0.39 is 6.04 Å². The second-order valence-electron chi connectivity index (χ2n) is 6.50. The standard InChI is InChI=1S/C19H21BrN6O2/c1-11-17(20)12(2)26(23-11)13(3)18(27)21-14-5-7-15(8-6-14)22-19(28)16-9-10-25(4)24-16/h5-10,13H,1-4H3,(H,21,27)(H,22,28). The summed E-state index contributed by atoms with van der Waals surface area (Å²) in [4.78, 5) is 24.7. The molecular formula is C19H21BrN6O2. The van der Waals surface area contributed by atoms with Gasteiger partial charge in [0.15, 0.2) is 5.69 Å². The van der Waals surface area contributed by atoms with Crippen LogP contribution < -0.4 is 10.6 Å². The molecule has 0 bridgehead atoms. The molecule has 3 aromatic rings. The molecule has 0 saturated carbocycles. The Hall–Kier alpha value is -2.94. The van der Waals surface area contributed by atoms with Crippen molar-refractivity contribution in [1.82, 2.24) is 19.6 Å². The van der Waals surface area contributed by atoms with E-state index in [1.807, 2.05) is 13.8 Å². The SMILES string of the molecule is Cc1nn(C(C)C(=O)Nc2ccc(NC(=O)c3ccn(C)n3)cc2)c(C)c1Br. The number of aryl methyl sites for hydroxylation is 2. The molecule has 0 saturated heterocycles. The third kappa shape index (κ3) is 4.14. The van der Waals surface area contributed by atoms with Gasteiger partial charge in [0.2, 0.25) is 5.91 Å². The van der Waals surface area contributed by atoms with Crippen molar-refractivity contribution in [3.63, 3.8) is 0 Å². The van der Waals surface area contributed by atoms with Crippen LogP contribution in [0.1, 0.15) is 34.8 Å². The minimum Gasteiger partial charge on any atom is -0.324 e. The van der Waals surface area contributed by atoms with Gasteiger partial charge in [0.25, 0.3) is 5.91 Å². The lowest BCUT2D eigenvalue weighted by Crippen LogP contribution is -2.25. The molecule has 2 amide bonds. The first kappa shape index (κ1) is 19.8. The highest BCUT2D eigenvalue weighted by Crippen LogP contribution is 2.23. The van der Waals surface area contributed by atoms with Gasteiger partial charge in [-0.3, -0.25) is 19.0 Å². The summed E-state index contributed by atoms with van der Waals surface area (Å²) in [7, 11) is 1.75. The molecule has 146 valence electrons. The van der Waals surface area contributed by atoms with Crippen LogP contribution in [0.15, 0.2) is 41.0 Å². The lowest BCUT2D eigenvalue weighted by Gasteiger charge is -2.15. The van der Waals surface area contributed by atoms with E-state index in [-0.39, 0.29) is 11.8 Å². The summed E-state index contributed by atoms with van der Waals surface area (Å²) in [5.74, 6) is -0.468. The Kier molecular flexibility index (Phi) is 5.64. The molecule has 2 aromatic heterocycles. The van der Waals surface area contributed by atoms with Crippen LogP contribution >= 0.6 is 15.9 Å². The summed E-state index contributed by atoms with van der Waals surface area (Å²) >= 11 is 3.47. The van der Waals surface area contributed by atoms with Gasteiger partial charge in [0.05, 0.1) is 15.9 Å². The smallest absolute Gasteiger partial charge is 0.276 e. The average molecular weight is 445 g/mol. The molecule has 1 atom stereocenters. The van der Waals surface area contributed by atoms with E-state index >= 15 is 0 Å². The number of carbonyl (C=O) groups excluding carboxylic acids is 2. The zero-order valence-electron chi connectivity index (χ0n) is 16.0. The lowest BCUT2D eigenvalue weighted by molar-refractivity contribution is -0.119. The van der Waals surface area contributed by atoms with Gasteiger partial charge < -0.3 is 10.6 Å². The van der Waals surface area contributed by atoms with E-state index in [0.29, 0.717) is 17.1 Å². The summed E-state index contributed by atoms with van der Waals surface area (Å²) in [6, 6.07) is 8.09. The summed E-state index contributed by atoms with van der Waals surface area (Å²) in [6.07, 6.45) is 1.70. The molecule has 0 aliphatic carbocycles. The van der Waals surface area contributed by atoms with Gasteiger partial charge in [-0.05, 0) is 67.0 Å². The Balaban J connectivity index is 1.64. The van der Waals surface area contributed by atoms with Gasteiger partial charge >= 0.3 is 0 Å². The summed E-state index contributed by atoms with van der Waals surface area (Å²) in [5.41, 5.74) is 3.32. The van der Waals surface area contributed by atoms with Crippen LogP contribution in [0, 0.1) is 13.8 Å². The zero-order chi connectivity index (χ0) is 20.4. The summed E-state index contributed by atoms with van der Waals surface area (Å²) in [5, 5.41) is 14.1. The largest absolute Gasteiger partial charge is 0.324 e. The van der Waals surface area contributed by atoms with Gasteiger partial charge in [-0.25, -0.2) is 0 Å². The maximum absolute atomic E-state index is 12.6. The molecule has 28 heavy (non-hydrogen) atoms. The number of aromatic nitrogens is 4. The Labute approximate surface area is 171 Å². The van der Waals surface area contributed by atoms with E-state index in [9.17, 15) is 9.59 Å².